The summed E-state index contributed by atoms with van der Waals surface area (Å²) in [5.41, 5.74) is 4.23. The summed E-state index contributed by atoms with van der Waals surface area (Å²) in [5, 5.41) is 3.67. The fraction of sp³-hybridized carbons (Fsp3) is 0.750. The average Bonchev–Trinajstić information content (AvgIpc) is 2.70. The van der Waals surface area contributed by atoms with Crippen LogP contribution in [0.2, 0.25) is 0 Å². The summed E-state index contributed by atoms with van der Waals surface area (Å²) < 4.78 is 2.79. The molecular weight excluding hydrogens is 252 g/mol. The minimum absolute atomic E-state index is 0.399. The Morgan fingerprint density at radius 3 is 2.26 bits per heavy atom. The molecule has 1 aromatic heterocycles. The van der Waals surface area contributed by atoms with Crippen LogP contribution in [-0.2, 0) is 13.1 Å². The van der Waals surface area contributed by atoms with Crippen molar-refractivity contribution in [1.82, 2.24) is 9.88 Å². The fourth-order valence-corrected chi connectivity index (χ4v) is 3.65. The molecule has 0 radical (unpaired) electrons. The highest BCUT2D eigenvalue weighted by Crippen LogP contribution is 2.29. The normalized spacial score (nSPS) is 12.1. The standard InChI is InChI=1S/C16H30N2S/c1-7-16(8-2,19-6)12-17-11-15-10-13(4)18(9-3)14(15)5/h10,17H,7-9,11-12H2,1-6H3. The molecule has 0 atom stereocenters. The predicted molar refractivity (Wildman–Crippen MR) is 88.1 cm³/mol. The first kappa shape index (κ1) is 16.6. The molecule has 0 aliphatic heterocycles. The van der Waals surface area contributed by atoms with Gasteiger partial charge in [-0.15, -0.1) is 0 Å². The molecule has 1 heterocycles. The zero-order chi connectivity index (χ0) is 14.5. The van der Waals surface area contributed by atoms with E-state index in [0.717, 1.165) is 19.6 Å². The summed E-state index contributed by atoms with van der Waals surface area (Å²) in [5.74, 6) is 0. The van der Waals surface area contributed by atoms with E-state index < -0.39 is 0 Å². The lowest BCUT2D eigenvalue weighted by Gasteiger charge is -2.30. The topological polar surface area (TPSA) is 17.0 Å². The third kappa shape index (κ3) is 3.79. The second-order valence-corrected chi connectivity index (χ2v) is 6.61. The van der Waals surface area contributed by atoms with Gasteiger partial charge in [-0.25, -0.2) is 0 Å². The second-order valence-electron chi connectivity index (χ2n) is 5.34. The highest BCUT2D eigenvalue weighted by atomic mass is 32.2. The smallest absolute Gasteiger partial charge is 0.0276 e. The maximum atomic E-state index is 3.67. The molecule has 1 rings (SSSR count). The van der Waals surface area contributed by atoms with Gasteiger partial charge < -0.3 is 9.88 Å². The van der Waals surface area contributed by atoms with E-state index in [2.05, 4.69) is 56.8 Å². The summed E-state index contributed by atoms with van der Waals surface area (Å²) in [7, 11) is 0. The number of hydrogen-bond acceptors (Lipinski definition) is 2. The van der Waals surface area contributed by atoms with Gasteiger partial charge in [0.2, 0.25) is 0 Å². The molecule has 0 unspecified atom stereocenters. The van der Waals surface area contributed by atoms with Gasteiger partial charge in [0, 0.05) is 35.8 Å². The molecule has 0 bridgehead atoms. The lowest BCUT2D eigenvalue weighted by molar-refractivity contribution is 0.494. The molecule has 0 aliphatic rings. The molecule has 1 aromatic rings. The zero-order valence-electron chi connectivity index (χ0n) is 13.5. The Morgan fingerprint density at radius 2 is 1.84 bits per heavy atom. The van der Waals surface area contributed by atoms with Crippen molar-refractivity contribution in [1.29, 1.82) is 0 Å². The lowest BCUT2D eigenvalue weighted by atomic mass is 10.0. The zero-order valence-corrected chi connectivity index (χ0v) is 14.3. The van der Waals surface area contributed by atoms with Crippen molar-refractivity contribution in [2.24, 2.45) is 0 Å². The number of nitrogens with one attached hydrogen (secondary N) is 1. The van der Waals surface area contributed by atoms with Gasteiger partial charge in [-0.3, -0.25) is 0 Å². The number of hydrogen-bond donors (Lipinski definition) is 1. The Balaban J connectivity index is 2.63. The molecule has 0 saturated heterocycles. The van der Waals surface area contributed by atoms with E-state index >= 15 is 0 Å². The maximum absolute atomic E-state index is 3.67. The molecule has 0 spiro atoms. The summed E-state index contributed by atoms with van der Waals surface area (Å²) in [6, 6.07) is 2.32. The summed E-state index contributed by atoms with van der Waals surface area (Å²) in [4.78, 5) is 0. The quantitative estimate of drug-likeness (QED) is 0.772. The van der Waals surface area contributed by atoms with Crippen molar-refractivity contribution < 1.29 is 0 Å². The lowest BCUT2D eigenvalue weighted by Crippen LogP contribution is -2.36. The van der Waals surface area contributed by atoms with Gasteiger partial charge in [0.25, 0.3) is 0 Å². The summed E-state index contributed by atoms with van der Waals surface area (Å²) >= 11 is 2.00. The maximum Gasteiger partial charge on any atom is 0.0276 e. The minimum Gasteiger partial charge on any atom is -0.349 e. The van der Waals surface area contributed by atoms with E-state index in [1.54, 1.807) is 0 Å². The Morgan fingerprint density at radius 1 is 1.21 bits per heavy atom. The predicted octanol–water partition coefficient (Wildman–Crippen LogP) is 4.14. The molecule has 0 aromatic carbocycles. The van der Waals surface area contributed by atoms with Crippen LogP contribution in [0.4, 0.5) is 0 Å². The number of nitrogens with zero attached hydrogens (tertiary/aromatic N) is 1. The highest BCUT2D eigenvalue weighted by molar-refractivity contribution is 8.00. The first-order chi connectivity index (χ1) is 9.03. The van der Waals surface area contributed by atoms with Gasteiger partial charge in [0.15, 0.2) is 0 Å². The molecular formula is C16H30N2S. The Hall–Kier alpha value is -0.410. The van der Waals surface area contributed by atoms with Crippen LogP contribution in [-0.4, -0.2) is 22.1 Å². The Bertz CT molecular complexity index is 383. The van der Waals surface area contributed by atoms with E-state index in [1.165, 1.54) is 29.8 Å². The Kier molecular flexibility index (Phi) is 6.48. The molecule has 19 heavy (non-hydrogen) atoms. The van der Waals surface area contributed by atoms with E-state index in [-0.39, 0.29) is 0 Å². The van der Waals surface area contributed by atoms with Crippen LogP contribution in [0.25, 0.3) is 0 Å². The first-order valence-corrected chi connectivity index (χ1v) is 8.67. The largest absolute Gasteiger partial charge is 0.349 e. The van der Waals surface area contributed by atoms with Gasteiger partial charge in [-0.1, -0.05) is 13.8 Å². The van der Waals surface area contributed by atoms with Crippen LogP contribution < -0.4 is 5.32 Å². The number of rotatable bonds is 8. The van der Waals surface area contributed by atoms with Gasteiger partial charge in [0.05, 0.1) is 0 Å². The van der Waals surface area contributed by atoms with Crippen molar-refractivity contribution in [2.75, 3.05) is 12.8 Å². The number of thioether (sulfide) groups is 1. The SMILES string of the molecule is CCn1c(C)cc(CNCC(CC)(CC)SC)c1C. The van der Waals surface area contributed by atoms with Gasteiger partial charge in [0.1, 0.15) is 0 Å². The average molecular weight is 282 g/mol. The van der Waals surface area contributed by atoms with E-state index in [0.29, 0.717) is 4.75 Å². The number of aryl methyl sites for hydroxylation is 1. The van der Waals surface area contributed by atoms with Crippen LogP contribution in [0.5, 0.6) is 0 Å². The monoisotopic (exact) mass is 282 g/mol. The summed E-state index contributed by atoms with van der Waals surface area (Å²) in [6.07, 6.45) is 4.69. The first-order valence-electron chi connectivity index (χ1n) is 7.45. The fourth-order valence-electron chi connectivity index (χ4n) is 2.82. The van der Waals surface area contributed by atoms with Crippen LogP contribution in [0.3, 0.4) is 0 Å². The highest BCUT2D eigenvalue weighted by Gasteiger charge is 2.24. The third-order valence-corrected chi connectivity index (χ3v) is 6.07. The number of aromatic nitrogens is 1. The van der Waals surface area contributed by atoms with Crippen LogP contribution >= 0.6 is 11.8 Å². The van der Waals surface area contributed by atoms with Crippen molar-refractivity contribution in [2.45, 2.75) is 65.3 Å². The third-order valence-electron chi connectivity index (χ3n) is 4.48. The molecule has 110 valence electrons. The second kappa shape index (κ2) is 7.39. The van der Waals surface area contributed by atoms with Crippen molar-refractivity contribution in [3.63, 3.8) is 0 Å². The van der Waals surface area contributed by atoms with Crippen LogP contribution in [0.15, 0.2) is 6.07 Å². The molecule has 0 amide bonds. The molecule has 1 N–H and O–H groups in total. The van der Waals surface area contributed by atoms with Gasteiger partial charge in [-0.05, 0) is 51.5 Å². The van der Waals surface area contributed by atoms with Crippen molar-refractivity contribution >= 4 is 11.8 Å². The summed E-state index contributed by atoms with van der Waals surface area (Å²) in [6.45, 7) is 14.4. The van der Waals surface area contributed by atoms with E-state index in [1.807, 2.05) is 11.8 Å². The minimum atomic E-state index is 0.399. The molecule has 0 fully saturated rings. The van der Waals surface area contributed by atoms with Gasteiger partial charge >= 0.3 is 0 Å². The molecule has 3 heteroatoms. The van der Waals surface area contributed by atoms with Gasteiger partial charge in [-0.2, -0.15) is 11.8 Å². The molecule has 0 aliphatic carbocycles. The van der Waals surface area contributed by atoms with Crippen LogP contribution in [0, 0.1) is 13.8 Å². The molecule has 0 saturated carbocycles. The van der Waals surface area contributed by atoms with Crippen molar-refractivity contribution in [3.05, 3.63) is 23.0 Å². The van der Waals surface area contributed by atoms with Crippen molar-refractivity contribution in [3.8, 4) is 0 Å². The Labute approximate surface area is 123 Å². The van der Waals surface area contributed by atoms with Crippen LogP contribution in [0.1, 0.15) is 50.6 Å². The van der Waals surface area contributed by atoms with E-state index in [4.69, 9.17) is 0 Å². The molecule has 2 nitrogen and oxygen atoms in total. The van der Waals surface area contributed by atoms with E-state index in [9.17, 15) is 0 Å².